The van der Waals surface area contributed by atoms with Crippen LogP contribution < -0.4 is 5.32 Å². The van der Waals surface area contributed by atoms with Crippen molar-refractivity contribution in [2.45, 2.75) is 25.6 Å². The second-order valence-electron chi connectivity index (χ2n) is 2.90. The molecule has 1 unspecified atom stereocenters. The van der Waals surface area contributed by atoms with Gasteiger partial charge in [0.2, 0.25) is 0 Å². The van der Waals surface area contributed by atoms with E-state index in [1.165, 1.54) is 0 Å². The van der Waals surface area contributed by atoms with Crippen LogP contribution in [0.1, 0.15) is 13.3 Å². The number of hydrogen-bond acceptors (Lipinski definition) is 3. The van der Waals surface area contributed by atoms with Gasteiger partial charge in [-0.15, -0.1) is 0 Å². The third-order valence-corrected chi connectivity index (χ3v) is 1.56. The number of halogens is 3. The lowest BCUT2D eigenvalue weighted by Crippen LogP contribution is -2.35. The molecule has 0 rings (SSSR count). The van der Waals surface area contributed by atoms with Crippen LogP contribution in [-0.4, -0.2) is 43.7 Å². The van der Waals surface area contributed by atoms with Crippen molar-refractivity contribution in [3.63, 3.8) is 0 Å². The molecule has 0 bridgehead atoms. The Bertz CT molecular complexity index is 135. The number of nitrogens with one attached hydrogen (secondary N) is 1. The molecule has 0 radical (unpaired) electrons. The van der Waals surface area contributed by atoms with Crippen LogP contribution in [0, 0.1) is 0 Å². The molecule has 0 amide bonds. The minimum absolute atomic E-state index is 0.0338. The first-order valence-corrected chi connectivity index (χ1v) is 4.48. The van der Waals surface area contributed by atoms with Gasteiger partial charge >= 0.3 is 6.18 Å². The Kier molecular flexibility index (Phi) is 6.86. The molecular weight excluding hydrogens is 199 g/mol. The van der Waals surface area contributed by atoms with Crippen LogP contribution in [0.2, 0.25) is 0 Å². The van der Waals surface area contributed by atoms with Gasteiger partial charge in [-0.05, 0) is 13.0 Å². The Morgan fingerprint density at radius 3 is 2.50 bits per heavy atom. The van der Waals surface area contributed by atoms with E-state index >= 15 is 0 Å². The summed E-state index contributed by atoms with van der Waals surface area (Å²) in [5, 5.41) is 11.5. The highest BCUT2D eigenvalue weighted by atomic mass is 19.4. The normalized spacial score (nSPS) is 14.4. The van der Waals surface area contributed by atoms with E-state index in [1.54, 1.807) is 0 Å². The number of rotatable bonds is 7. The van der Waals surface area contributed by atoms with Gasteiger partial charge < -0.3 is 15.2 Å². The number of ether oxygens (including phenoxy) is 1. The summed E-state index contributed by atoms with van der Waals surface area (Å²) in [5.74, 6) is 0. The maximum Gasteiger partial charge on any atom is 0.411 e. The molecule has 0 heterocycles. The SMILES string of the molecule is CCNC(CCO)COCC(F)(F)F. The molecule has 0 fully saturated rings. The molecule has 0 aliphatic rings. The smallest absolute Gasteiger partial charge is 0.396 e. The molecule has 0 aliphatic carbocycles. The van der Waals surface area contributed by atoms with Crippen LogP contribution in [0.5, 0.6) is 0 Å². The van der Waals surface area contributed by atoms with Crippen molar-refractivity contribution in [3.05, 3.63) is 0 Å². The van der Waals surface area contributed by atoms with Crippen LogP contribution in [-0.2, 0) is 4.74 Å². The predicted molar refractivity (Wildman–Crippen MR) is 46.0 cm³/mol. The van der Waals surface area contributed by atoms with Gasteiger partial charge in [-0.3, -0.25) is 0 Å². The number of aliphatic hydroxyl groups excluding tert-OH is 1. The second-order valence-corrected chi connectivity index (χ2v) is 2.90. The molecule has 2 N–H and O–H groups in total. The Labute approximate surface area is 81.2 Å². The molecule has 3 nitrogen and oxygen atoms in total. The number of hydrogen-bond donors (Lipinski definition) is 2. The van der Waals surface area contributed by atoms with Crippen molar-refractivity contribution < 1.29 is 23.0 Å². The van der Waals surface area contributed by atoms with E-state index in [1.807, 2.05) is 6.92 Å². The maximum absolute atomic E-state index is 11.7. The molecule has 0 saturated heterocycles. The summed E-state index contributed by atoms with van der Waals surface area (Å²) in [6, 6.07) is -0.215. The van der Waals surface area contributed by atoms with Crippen molar-refractivity contribution in [1.29, 1.82) is 0 Å². The van der Waals surface area contributed by atoms with Crippen molar-refractivity contribution in [2.75, 3.05) is 26.4 Å². The summed E-state index contributed by atoms with van der Waals surface area (Å²) in [5.41, 5.74) is 0. The third-order valence-electron chi connectivity index (χ3n) is 1.56. The monoisotopic (exact) mass is 215 g/mol. The maximum atomic E-state index is 11.7. The van der Waals surface area contributed by atoms with Gasteiger partial charge in [0.15, 0.2) is 0 Å². The average molecular weight is 215 g/mol. The molecule has 0 saturated carbocycles. The summed E-state index contributed by atoms with van der Waals surface area (Å²) in [4.78, 5) is 0. The second kappa shape index (κ2) is 7.03. The quantitative estimate of drug-likeness (QED) is 0.663. The largest absolute Gasteiger partial charge is 0.411 e. The molecule has 1 atom stereocenters. The predicted octanol–water partition coefficient (Wildman–Crippen LogP) is 0.926. The van der Waals surface area contributed by atoms with Crippen LogP contribution in [0.25, 0.3) is 0 Å². The molecule has 86 valence electrons. The van der Waals surface area contributed by atoms with Crippen molar-refractivity contribution >= 4 is 0 Å². The third kappa shape index (κ3) is 8.28. The fraction of sp³-hybridized carbons (Fsp3) is 1.00. The minimum Gasteiger partial charge on any atom is -0.396 e. The van der Waals surface area contributed by atoms with Crippen LogP contribution in [0.3, 0.4) is 0 Å². The minimum atomic E-state index is -4.28. The zero-order valence-corrected chi connectivity index (χ0v) is 8.10. The lowest BCUT2D eigenvalue weighted by Gasteiger charge is -2.17. The molecule has 0 aromatic carbocycles. The highest BCUT2D eigenvalue weighted by Gasteiger charge is 2.27. The first kappa shape index (κ1) is 13.7. The summed E-state index contributed by atoms with van der Waals surface area (Å²) < 4.78 is 39.5. The Hall–Kier alpha value is -0.330. The molecule has 0 aromatic rings. The van der Waals surface area contributed by atoms with Crippen molar-refractivity contribution in [1.82, 2.24) is 5.32 Å². The molecule has 6 heteroatoms. The number of alkyl halides is 3. The fourth-order valence-electron chi connectivity index (χ4n) is 1.01. The van der Waals surface area contributed by atoms with Gasteiger partial charge in [-0.1, -0.05) is 6.92 Å². The standard InChI is InChI=1S/C8H16F3NO2/c1-2-12-7(3-4-13)5-14-6-8(9,10)11/h7,12-13H,2-6H2,1H3. The number of aliphatic hydroxyl groups is 1. The van der Waals surface area contributed by atoms with Gasteiger partial charge in [0.25, 0.3) is 0 Å². The van der Waals surface area contributed by atoms with Crippen molar-refractivity contribution in [2.24, 2.45) is 0 Å². The molecular formula is C8H16F3NO2. The molecule has 0 aliphatic heterocycles. The van der Waals surface area contributed by atoms with E-state index in [0.29, 0.717) is 13.0 Å². The van der Waals surface area contributed by atoms with E-state index in [-0.39, 0.29) is 19.3 Å². The molecule has 0 spiro atoms. The molecule has 0 aromatic heterocycles. The number of likely N-dealkylation sites (N-methyl/N-ethyl adjacent to an activating group) is 1. The van der Waals surface area contributed by atoms with Crippen molar-refractivity contribution in [3.8, 4) is 0 Å². The Balaban J connectivity index is 3.60. The van der Waals surface area contributed by atoms with Crippen LogP contribution >= 0.6 is 0 Å². The van der Waals surface area contributed by atoms with Gasteiger partial charge in [-0.25, -0.2) is 0 Å². The zero-order chi connectivity index (χ0) is 11.0. The Morgan fingerprint density at radius 1 is 1.43 bits per heavy atom. The molecule has 14 heavy (non-hydrogen) atoms. The first-order chi connectivity index (χ1) is 6.49. The lowest BCUT2D eigenvalue weighted by molar-refractivity contribution is -0.175. The van der Waals surface area contributed by atoms with Gasteiger partial charge in [0.05, 0.1) is 6.61 Å². The summed E-state index contributed by atoms with van der Waals surface area (Å²) >= 11 is 0. The van der Waals surface area contributed by atoms with E-state index in [2.05, 4.69) is 10.1 Å². The fourth-order valence-corrected chi connectivity index (χ4v) is 1.01. The van der Waals surface area contributed by atoms with E-state index in [0.717, 1.165) is 0 Å². The van der Waals surface area contributed by atoms with Gasteiger partial charge in [0.1, 0.15) is 6.61 Å². The summed E-state index contributed by atoms with van der Waals surface area (Å²) in [7, 11) is 0. The lowest BCUT2D eigenvalue weighted by atomic mass is 10.2. The van der Waals surface area contributed by atoms with Crippen LogP contribution in [0.15, 0.2) is 0 Å². The highest BCUT2D eigenvalue weighted by Crippen LogP contribution is 2.14. The zero-order valence-electron chi connectivity index (χ0n) is 8.10. The summed E-state index contributed by atoms with van der Waals surface area (Å²) in [6.07, 6.45) is -3.89. The highest BCUT2D eigenvalue weighted by molar-refractivity contribution is 4.64. The van der Waals surface area contributed by atoms with E-state index in [9.17, 15) is 13.2 Å². The topological polar surface area (TPSA) is 41.5 Å². The average Bonchev–Trinajstić information content (AvgIpc) is 2.02. The summed E-state index contributed by atoms with van der Waals surface area (Å²) in [6.45, 7) is 1.15. The first-order valence-electron chi connectivity index (χ1n) is 4.48. The van der Waals surface area contributed by atoms with E-state index in [4.69, 9.17) is 5.11 Å². The Morgan fingerprint density at radius 2 is 2.07 bits per heavy atom. The van der Waals surface area contributed by atoms with Gasteiger partial charge in [-0.2, -0.15) is 13.2 Å². The van der Waals surface area contributed by atoms with Gasteiger partial charge in [0, 0.05) is 12.6 Å². The van der Waals surface area contributed by atoms with Crippen LogP contribution in [0.4, 0.5) is 13.2 Å². The van der Waals surface area contributed by atoms with E-state index < -0.39 is 12.8 Å².